The standard InChI is InChI=1S/C10H15NO/c1-10(2,3)12-8-9-4-6-11-7-5-9/h4-7H,8H2,1-3H3. The lowest BCUT2D eigenvalue weighted by molar-refractivity contribution is -0.0149. The van der Waals surface area contributed by atoms with E-state index >= 15 is 0 Å². The summed E-state index contributed by atoms with van der Waals surface area (Å²) in [6.07, 6.45) is 3.56. The van der Waals surface area contributed by atoms with Gasteiger partial charge in [0, 0.05) is 12.4 Å². The third-order valence-corrected chi connectivity index (χ3v) is 1.42. The molecule has 0 aliphatic heterocycles. The Morgan fingerprint density at radius 1 is 1.25 bits per heavy atom. The van der Waals surface area contributed by atoms with Crippen LogP contribution in [0.4, 0.5) is 0 Å². The van der Waals surface area contributed by atoms with E-state index in [2.05, 4.69) is 4.98 Å². The maximum atomic E-state index is 5.59. The summed E-state index contributed by atoms with van der Waals surface area (Å²) in [7, 11) is 0. The van der Waals surface area contributed by atoms with Gasteiger partial charge in [0.2, 0.25) is 0 Å². The normalized spacial score (nSPS) is 11.6. The van der Waals surface area contributed by atoms with Crippen LogP contribution in [0.15, 0.2) is 24.5 Å². The Bertz CT molecular complexity index is 225. The van der Waals surface area contributed by atoms with E-state index in [0.29, 0.717) is 6.61 Å². The number of ether oxygens (including phenoxy) is 1. The van der Waals surface area contributed by atoms with Crippen molar-refractivity contribution >= 4 is 0 Å². The lowest BCUT2D eigenvalue weighted by Gasteiger charge is -2.19. The van der Waals surface area contributed by atoms with Gasteiger partial charge in [-0.25, -0.2) is 0 Å². The molecule has 2 heteroatoms. The van der Waals surface area contributed by atoms with Gasteiger partial charge in [-0.3, -0.25) is 4.98 Å². The molecule has 0 saturated carbocycles. The van der Waals surface area contributed by atoms with Gasteiger partial charge in [0.1, 0.15) is 0 Å². The van der Waals surface area contributed by atoms with Crippen molar-refractivity contribution in [3.05, 3.63) is 30.1 Å². The van der Waals surface area contributed by atoms with Crippen LogP contribution in [0.1, 0.15) is 26.3 Å². The van der Waals surface area contributed by atoms with E-state index in [1.807, 2.05) is 32.9 Å². The lowest BCUT2D eigenvalue weighted by Crippen LogP contribution is -2.18. The number of aromatic nitrogens is 1. The number of nitrogens with zero attached hydrogens (tertiary/aromatic N) is 1. The highest BCUT2D eigenvalue weighted by molar-refractivity contribution is 5.08. The fourth-order valence-electron chi connectivity index (χ4n) is 0.779. The van der Waals surface area contributed by atoms with Crippen molar-refractivity contribution in [3.63, 3.8) is 0 Å². The van der Waals surface area contributed by atoms with Gasteiger partial charge < -0.3 is 4.74 Å². The highest BCUT2D eigenvalue weighted by Crippen LogP contribution is 2.10. The molecule has 1 aromatic rings. The monoisotopic (exact) mass is 165 g/mol. The molecule has 1 heterocycles. The minimum Gasteiger partial charge on any atom is -0.371 e. The fourth-order valence-corrected chi connectivity index (χ4v) is 0.779. The van der Waals surface area contributed by atoms with E-state index in [-0.39, 0.29) is 5.60 Å². The quantitative estimate of drug-likeness (QED) is 0.671. The predicted molar refractivity (Wildman–Crippen MR) is 48.8 cm³/mol. The number of hydrogen-bond donors (Lipinski definition) is 0. The van der Waals surface area contributed by atoms with Crippen molar-refractivity contribution in [2.75, 3.05) is 0 Å². The van der Waals surface area contributed by atoms with E-state index < -0.39 is 0 Å². The second-order valence-corrected chi connectivity index (χ2v) is 3.76. The molecule has 0 radical (unpaired) electrons. The first-order valence-corrected chi connectivity index (χ1v) is 4.11. The van der Waals surface area contributed by atoms with Gasteiger partial charge in [-0.2, -0.15) is 0 Å². The van der Waals surface area contributed by atoms with E-state index in [0.717, 1.165) is 0 Å². The van der Waals surface area contributed by atoms with Gasteiger partial charge in [0.15, 0.2) is 0 Å². The second kappa shape index (κ2) is 3.68. The average molecular weight is 165 g/mol. The average Bonchev–Trinajstić information content (AvgIpc) is 2.02. The first-order chi connectivity index (χ1) is 5.58. The van der Waals surface area contributed by atoms with E-state index in [4.69, 9.17) is 4.74 Å². The summed E-state index contributed by atoms with van der Waals surface area (Å²) in [4.78, 5) is 3.93. The van der Waals surface area contributed by atoms with Crippen LogP contribution in [0, 0.1) is 0 Å². The molecule has 66 valence electrons. The molecule has 0 N–H and O–H groups in total. The van der Waals surface area contributed by atoms with Crippen LogP contribution < -0.4 is 0 Å². The lowest BCUT2D eigenvalue weighted by atomic mass is 10.2. The highest BCUT2D eigenvalue weighted by Gasteiger charge is 2.09. The summed E-state index contributed by atoms with van der Waals surface area (Å²) in [6, 6.07) is 3.93. The Kier molecular flexibility index (Phi) is 2.82. The van der Waals surface area contributed by atoms with Crippen LogP contribution in [0.3, 0.4) is 0 Å². The van der Waals surface area contributed by atoms with Crippen LogP contribution in [-0.4, -0.2) is 10.6 Å². The summed E-state index contributed by atoms with van der Waals surface area (Å²) >= 11 is 0. The molecular weight excluding hydrogens is 150 g/mol. The van der Waals surface area contributed by atoms with Gasteiger partial charge in [-0.1, -0.05) is 0 Å². The molecule has 0 unspecified atom stereocenters. The predicted octanol–water partition coefficient (Wildman–Crippen LogP) is 2.40. The van der Waals surface area contributed by atoms with Gasteiger partial charge in [0.25, 0.3) is 0 Å². The molecule has 0 fully saturated rings. The minimum absolute atomic E-state index is 0.0662. The van der Waals surface area contributed by atoms with Gasteiger partial charge >= 0.3 is 0 Å². The van der Waals surface area contributed by atoms with Crippen LogP contribution >= 0.6 is 0 Å². The first kappa shape index (κ1) is 9.20. The largest absolute Gasteiger partial charge is 0.371 e. The van der Waals surface area contributed by atoms with Gasteiger partial charge in [-0.05, 0) is 38.5 Å². The van der Waals surface area contributed by atoms with Crippen LogP contribution in [0.2, 0.25) is 0 Å². The molecule has 0 spiro atoms. The highest BCUT2D eigenvalue weighted by atomic mass is 16.5. The second-order valence-electron chi connectivity index (χ2n) is 3.76. The molecule has 0 atom stereocenters. The van der Waals surface area contributed by atoms with E-state index in [9.17, 15) is 0 Å². The Balaban J connectivity index is 2.44. The molecule has 0 aromatic carbocycles. The van der Waals surface area contributed by atoms with Crippen molar-refractivity contribution in [1.82, 2.24) is 4.98 Å². The smallest absolute Gasteiger partial charge is 0.0725 e. The number of rotatable bonds is 2. The van der Waals surface area contributed by atoms with Crippen LogP contribution in [-0.2, 0) is 11.3 Å². The molecule has 0 saturated heterocycles. The zero-order valence-corrected chi connectivity index (χ0v) is 7.87. The Hall–Kier alpha value is -0.890. The zero-order chi connectivity index (χ0) is 9.03. The Labute approximate surface area is 73.6 Å². The van der Waals surface area contributed by atoms with E-state index in [1.54, 1.807) is 12.4 Å². The SMILES string of the molecule is CC(C)(C)OCc1ccncc1. The first-order valence-electron chi connectivity index (χ1n) is 4.11. The maximum absolute atomic E-state index is 5.59. The third-order valence-electron chi connectivity index (χ3n) is 1.42. The van der Waals surface area contributed by atoms with Crippen LogP contribution in [0.5, 0.6) is 0 Å². The summed E-state index contributed by atoms with van der Waals surface area (Å²) in [6.45, 7) is 6.81. The third kappa shape index (κ3) is 3.49. The molecule has 0 amide bonds. The maximum Gasteiger partial charge on any atom is 0.0725 e. The molecule has 1 aromatic heterocycles. The Morgan fingerprint density at radius 2 is 1.83 bits per heavy atom. The molecule has 0 bridgehead atoms. The Morgan fingerprint density at radius 3 is 2.33 bits per heavy atom. The van der Waals surface area contributed by atoms with Crippen molar-refractivity contribution in [2.24, 2.45) is 0 Å². The van der Waals surface area contributed by atoms with Gasteiger partial charge in [-0.15, -0.1) is 0 Å². The summed E-state index contributed by atoms with van der Waals surface area (Å²) in [5.74, 6) is 0. The summed E-state index contributed by atoms with van der Waals surface area (Å²) in [5.41, 5.74) is 1.10. The van der Waals surface area contributed by atoms with Crippen molar-refractivity contribution in [1.29, 1.82) is 0 Å². The summed E-state index contributed by atoms with van der Waals surface area (Å²) < 4.78 is 5.59. The molecular formula is C10H15NO. The topological polar surface area (TPSA) is 22.1 Å². The van der Waals surface area contributed by atoms with E-state index in [1.165, 1.54) is 5.56 Å². The van der Waals surface area contributed by atoms with Gasteiger partial charge in [0.05, 0.1) is 12.2 Å². The van der Waals surface area contributed by atoms with Crippen molar-refractivity contribution in [2.45, 2.75) is 33.0 Å². The zero-order valence-electron chi connectivity index (χ0n) is 7.87. The van der Waals surface area contributed by atoms with Crippen molar-refractivity contribution < 1.29 is 4.74 Å². The van der Waals surface area contributed by atoms with Crippen molar-refractivity contribution in [3.8, 4) is 0 Å². The molecule has 1 rings (SSSR count). The molecule has 12 heavy (non-hydrogen) atoms. The molecule has 2 nitrogen and oxygen atoms in total. The minimum atomic E-state index is -0.0662. The number of hydrogen-bond acceptors (Lipinski definition) is 2. The molecule has 0 aliphatic carbocycles. The molecule has 0 aliphatic rings. The fraction of sp³-hybridized carbons (Fsp3) is 0.500. The van der Waals surface area contributed by atoms with Crippen LogP contribution in [0.25, 0.3) is 0 Å². The summed E-state index contributed by atoms with van der Waals surface area (Å²) in [5, 5.41) is 0. The number of pyridine rings is 1.